The van der Waals surface area contributed by atoms with Gasteiger partial charge in [-0.1, -0.05) is 6.08 Å². The van der Waals surface area contributed by atoms with E-state index in [0.717, 1.165) is 0 Å². The first-order chi connectivity index (χ1) is 7.03. The molecule has 0 heterocycles. The molecule has 0 amide bonds. The highest BCUT2D eigenvalue weighted by atomic mass is 28.1. The maximum absolute atomic E-state index is 11.4. The molecule has 15 heavy (non-hydrogen) atoms. The minimum absolute atomic E-state index is 0.0127. The van der Waals surface area contributed by atoms with Crippen LogP contribution in [-0.4, -0.2) is 48.9 Å². The molecule has 1 atom stereocenters. The molecular weight excluding hydrogens is 212 g/mol. The van der Waals surface area contributed by atoms with Gasteiger partial charge in [0.2, 0.25) is 0 Å². The Morgan fingerprint density at radius 3 is 2.27 bits per heavy atom. The third-order valence-corrected chi connectivity index (χ3v) is 3.88. The van der Waals surface area contributed by atoms with Crippen LogP contribution in [0.4, 0.5) is 0 Å². The minimum atomic E-state index is -0.758. The van der Waals surface area contributed by atoms with Gasteiger partial charge in [-0.3, -0.25) is 4.79 Å². The Hall–Kier alpha value is -0.493. The maximum Gasteiger partial charge on any atom is 0.166 e. The van der Waals surface area contributed by atoms with Crippen LogP contribution in [0.5, 0.6) is 0 Å². The van der Waals surface area contributed by atoms with E-state index < -0.39 is 5.41 Å². The zero-order chi connectivity index (χ0) is 11.9. The van der Waals surface area contributed by atoms with Crippen molar-refractivity contribution in [3.8, 4) is 0 Å². The highest BCUT2D eigenvalue weighted by Crippen LogP contribution is 2.18. The Kier molecular flexibility index (Phi) is 6.67. The van der Waals surface area contributed by atoms with Crippen molar-refractivity contribution in [2.24, 2.45) is 0 Å². The van der Waals surface area contributed by atoms with Crippen molar-refractivity contribution in [2.45, 2.75) is 24.9 Å². The number of ether oxygens (including phenoxy) is 3. The summed E-state index contributed by atoms with van der Waals surface area (Å²) in [4.78, 5) is 11.4. The van der Waals surface area contributed by atoms with E-state index in [2.05, 4.69) is 0 Å². The molecule has 0 bridgehead atoms. The molecule has 0 aliphatic rings. The molecule has 4 nitrogen and oxygen atoms in total. The number of hydrogen-bond donors (Lipinski definition) is 0. The first-order valence-electron chi connectivity index (χ1n) is 4.82. The van der Waals surface area contributed by atoms with Crippen LogP contribution in [0.3, 0.4) is 0 Å². The lowest BCUT2D eigenvalue weighted by Gasteiger charge is -2.33. The molecule has 0 aliphatic heterocycles. The third-order valence-electron chi connectivity index (χ3n) is 2.42. The second-order valence-electron chi connectivity index (χ2n) is 3.32. The fourth-order valence-electron chi connectivity index (χ4n) is 1.27. The average Bonchev–Trinajstić information content (AvgIpc) is 2.25. The second kappa shape index (κ2) is 6.89. The van der Waals surface area contributed by atoms with Crippen LogP contribution < -0.4 is 0 Å². The third kappa shape index (κ3) is 4.25. The quantitative estimate of drug-likeness (QED) is 0.348. The summed E-state index contributed by atoms with van der Waals surface area (Å²) in [6, 6.07) is 0. The summed E-state index contributed by atoms with van der Waals surface area (Å²) in [6.07, 6.45) is 3.15. The number of allylic oxidation sites excluding steroid dienone is 2. The molecule has 0 spiro atoms. The van der Waals surface area contributed by atoms with Gasteiger partial charge in [0, 0.05) is 27.8 Å². The zero-order valence-electron chi connectivity index (χ0n) is 10.1. The predicted octanol–water partition coefficient (Wildman–Crippen LogP) is -0.151. The van der Waals surface area contributed by atoms with Gasteiger partial charge in [0.25, 0.3) is 0 Å². The topological polar surface area (TPSA) is 44.8 Å². The SMILES string of the molecule is CC=CC(=O)CC(OC)C([SiH3])(OC)OC. The largest absolute Gasteiger partial charge is 0.376 e. The summed E-state index contributed by atoms with van der Waals surface area (Å²) < 4.78 is 15.8. The normalized spacial score (nSPS) is 14.7. The smallest absolute Gasteiger partial charge is 0.166 e. The van der Waals surface area contributed by atoms with Gasteiger partial charge in [-0.2, -0.15) is 0 Å². The van der Waals surface area contributed by atoms with Gasteiger partial charge >= 0.3 is 0 Å². The maximum atomic E-state index is 11.4. The molecule has 5 heteroatoms. The summed E-state index contributed by atoms with van der Waals surface area (Å²) in [6.45, 7) is 1.81. The fourth-order valence-corrected chi connectivity index (χ4v) is 1.71. The molecule has 88 valence electrons. The lowest BCUT2D eigenvalue weighted by atomic mass is 10.1. The molecule has 0 N–H and O–H groups in total. The van der Waals surface area contributed by atoms with Crippen molar-refractivity contribution in [3.05, 3.63) is 12.2 Å². The average molecular weight is 232 g/mol. The highest BCUT2D eigenvalue weighted by Gasteiger charge is 2.35. The van der Waals surface area contributed by atoms with Gasteiger partial charge in [-0.05, 0) is 13.0 Å². The van der Waals surface area contributed by atoms with Gasteiger partial charge in [0.05, 0.1) is 10.2 Å². The molecule has 0 rings (SSSR count). The van der Waals surface area contributed by atoms with Gasteiger partial charge in [0.15, 0.2) is 11.2 Å². The van der Waals surface area contributed by atoms with Gasteiger partial charge in [-0.15, -0.1) is 0 Å². The van der Waals surface area contributed by atoms with Crippen molar-refractivity contribution < 1.29 is 19.0 Å². The van der Waals surface area contributed by atoms with Crippen molar-refractivity contribution >= 4 is 16.0 Å². The second-order valence-corrected chi connectivity index (χ2v) is 4.71. The zero-order valence-corrected chi connectivity index (χ0v) is 12.1. The van der Waals surface area contributed by atoms with E-state index in [0.29, 0.717) is 10.2 Å². The molecule has 0 aliphatic carbocycles. The predicted molar refractivity (Wildman–Crippen MR) is 61.9 cm³/mol. The molecule has 0 aromatic rings. The summed E-state index contributed by atoms with van der Waals surface area (Å²) in [5, 5.41) is 0. The van der Waals surface area contributed by atoms with E-state index in [4.69, 9.17) is 14.2 Å². The Bertz CT molecular complexity index is 223. The van der Waals surface area contributed by atoms with Gasteiger partial charge in [-0.25, -0.2) is 0 Å². The molecule has 0 saturated heterocycles. The van der Waals surface area contributed by atoms with E-state index in [-0.39, 0.29) is 18.3 Å². The Labute approximate surface area is 94.0 Å². The lowest BCUT2D eigenvalue weighted by molar-refractivity contribution is -0.209. The summed E-state index contributed by atoms with van der Waals surface area (Å²) in [5.41, 5.74) is -0.758. The highest BCUT2D eigenvalue weighted by molar-refractivity contribution is 6.14. The van der Waals surface area contributed by atoms with E-state index in [1.165, 1.54) is 6.08 Å². The van der Waals surface area contributed by atoms with Crippen molar-refractivity contribution in [3.63, 3.8) is 0 Å². The standard InChI is InChI=1S/C10H20O4Si/c1-5-6-8(11)7-9(12-2)10(15,13-3)14-4/h5-6,9H,7H2,1-4,15H3. The van der Waals surface area contributed by atoms with E-state index in [1.54, 1.807) is 34.3 Å². The number of hydrogen-bond acceptors (Lipinski definition) is 4. The van der Waals surface area contributed by atoms with Crippen molar-refractivity contribution in [2.75, 3.05) is 21.3 Å². The molecule has 0 aromatic heterocycles. The summed E-state index contributed by atoms with van der Waals surface area (Å²) in [7, 11) is 5.30. The Morgan fingerprint density at radius 2 is 1.93 bits per heavy atom. The van der Waals surface area contributed by atoms with E-state index in [9.17, 15) is 4.79 Å². The van der Waals surface area contributed by atoms with Gasteiger partial charge < -0.3 is 14.2 Å². The number of carbonyl (C=O) groups excluding carboxylic acids is 1. The molecule has 0 aromatic carbocycles. The van der Waals surface area contributed by atoms with E-state index in [1.807, 2.05) is 0 Å². The molecule has 0 radical (unpaired) electrons. The monoisotopic (exact) mass is 232 g/mol. The Morgan fingerprint density at radius 1 is 1.40 bits per heavy atom. The van der Waals surface area contributed by atoms with Crippen molar-refractivity contribution in [1.29, 1.82) is 0 Å². The number of carbonyl (C=O) groups is 1. The van der Waals surface area contributed by atoms with Crippen LogP contribution in [0, 0.1) is 0 Å². The van der Waals surface area contributed by atoms with Gasteiger partial charge in [0.1, 0.15) is 6.10 Å². The Balaban J connectivity index is 4.54. The first kappa shape index (κ1) is 14.5. The number of ketones is 1. The van der Waals surface area contributed by atoms with Crippen LogP contribution in [0.15, 0.2) is 12.2 Å². The van der Waals surface area contributed by atoms with Crippen LogP contribution in [0.25, 0.3) is 0 Å². The summed E-state index contributed by atoms with van der Waals surface area (Å²) >= 11 is 0. The first-order valence-corrected chi connectivity index (χ1v) is 5.82. The molecule has 0 fully saturated rings. The lowest BCUT2D eigenvalue weighted by Crippen LogP contribution is -2.48. The molecule has 1 unspecified atom stereocenters. The van der Waals surface area contributed by atoms with Crippen LogP contribution >= 0.6 is 0 Å². The number of methoxy groups -OCH3 is 3. The van der Waals surface area contributed by atoms with Crippen LogP contribution in [-0.2, 0) is 19.0 Å². The minimum Gasteiger partial charge on any atom is -0.376 e. The van der Waals surface area contributed by atoms with E-state index >= 15 is 0 Å². The van der Waals surface area contributed by atoms with Crippen LogP contribution in [0.2, 0.25) is 0 Å². The van der Waals surface area contributed by atoms with Crippen LogP contribution in [0.1, 0.15) is 13.3 Å². The molecular formula is C10H20O4Si. The molecule has 0 saturated carbocycles. The summed E-state index contributed by atoms with van der Waals surface area (Å²) in [5.74, 6) is 0.0127. The number of rotatable bonds is 7. The fraction of sp³-hybridized carbons (Fsp3) is 0.700. The van der Waals surface area contributed by atoms with Crippen molar-refractivity contribution in [1.82, 2.24) is 0 Å².